The van der Waals surface area contributed by atoms with E-state index in [4.69, 9.17) is 16.3 Å². The number of hydrogen-bond donors (Lipinski definition) is 0. The summed E-state index contributed by atoms with van der Waals surface area (Å²) < 4.78 is 19.0. The van der Waals surface area contributed by atoms with Gasteiger partial charge in [-0.15, -0.1) is 0 Å². The van der Waals surface area contributed by atoms with Crippen LogP contribution in [0.5, 0.6) is 11.5 Å². The lowest BCUT2D eigenvalue weighted by Crippen LogP contribution is -1.90. The van der Waals surface area contributed by atoms with Crippen LogP contribution in [0.2, 0.25) is 5.15 Å². The maximum atomic E-state index is 13.0. The monoisotopic (exact) mass is 315 g/mol. The fourth-order valence-electron chi connectivity index (χ4n) is 1.26. The lowest BCUT2D eigenvalue weighted by molar-refractivity contribution is 0.475. The van der Waals surface area contributed by atoms with Gasteiger partial charge in [-0.3, -0.25) is 0 Å². The second kappa shape index (κ2) is 5.02. The minimum absolute atomic E-state index is 0.332. The van der Waals surface area contributed by atoms with Gasteiger partial charge in [0.2, 0.25) is 0 Å². The van der Waals surface area contributed by atoms with Crippen LogP contribution in [0.3, 0.4) is 0 Å². The predicted molar refractivity (Wildman–Crippen MR) is 68.2 cm³/mol. The van der Waals surface area contributed by atoms with Crippen molar-refractivity contribution in [1.82, 2.24) is 4.98 Å². The third-order valence-corrected chi connectivity index (χ3v) is 2.95. The third kappa shape index (κ3) is 2.96. The van der Waals surface area contributed by atoms with E-state index in [1.807, 2.05) is 6.92 Å². The zero-order chi connectivity index (χ0) is 12.4. The molecule has 0 aliphatic heterocycles. The Kier molecular flexibility index (Phi) is 3.64. The van der Waals surface area contributed by atoms with Gasteiger partial charge in [-0.25, -0.2) is 9.37 Å². The fraction of sp³-hybridized carbons (Fsp3) is 0.0833. The average Bonchev–Trinajstić information content (AvgIpc) is 2.29. The van der Waals surface area contributed by atoms with Gasteiger partial charge in [0, 0.05) is 17.8 Å². The lowest BCUT2D eigenvalue weighted by atomic mass is 10.3. The molecule has 0 aliphatic carbocycles. The predicted octanol–water partition coefficient (Wildman–Crippen LogP) is 4.74. The molecular formula is C12H8BrClFNO. The second-order valence-electron chi connectivity index (χ2n) is 3.45. The van der Waals surface area contributed by atoms with Gasteiger partial charge in [0.05, 0.1) is 4.47 Å². The molecule has 2 aromatic rings. The van der Waals surface area contributed by atoms with Gasteiger partial charge >= 0.3 is 0 Å². The van der Waals surface area contributed by atoms with E-state index in [9.17, 15) is 4.39 Å². The van der Waals surface area contributed by atoms with Crippen molar-refractivity contribution in [3.05, 3.63) is 51.5 Å². The van der Waals surface area contributed by atoms with Crippen molar-refractivity contribution in [3.63, 3.8) is 0 Å². The van der Waals surface area contributed by atoms with Crippen LogP contribution >= 0.6 is 27.5 Å². The minimum Gasteiger partial charge on any atom is -0.457 e. The van der Waals surface area contributed by atoms with Crippen molar-refractivity contribution < 1.29 is 9.13 Å². The largest absolute Gasteiger partial charge is 0.457 e. The summed E-state index contributed by atoms with van der Waals surface area (Å²) in [5, 5.41) is 0.353. The van der Waals surface area contributed by atoms with E-state index in [0.717, 1.165) is 5.56 Å². The number of hydrogen-bond acceptors (Lipinski definition) is 2. The molecule has 5 heteroatoms. The highest BCUT2D eigenvalue weighted by molar-refractivity contribution is 9.10. The molecule has 0 unspecified atom stereocenters. The number of halogens is 3. The first kappa shape index (κ1) is 12.3. The van der Waals surface area contributed by atoms with Crippen molar-refractivity contribution in [2.45, 2.75) is 6.92 Å². The molecule has 0 amide bonds. The molecule has 0 bridgehead atoms. The zero-order valence-corrected chi connectivity index (χ0v) is 11.2. The summed E-state index contributed by atoms with van der Waals surface area (Å²) in [6.45, 7) is 1.86. The Balaban J connectivity index is 2.31. The van der Waals surface area contributed by atoms with Crippen LogP contribution in [0, 0.1) is 12.7 Å². The second-order valence-corrected chi connectivity index (χ2v) is 4.69. The molecule has 0 atom stereocenters. The molecule has 0 N–H and O–H groups in total. The maximum absolute atomic E-state index is 13.0. The van der Waals surface area contributed by atoms with Crippen LogP contribution in [0.4, 0.5) is 4.39 Å². The smallest absolute Gasteiger partial charge is 0.137 e. The highest BCUT2D eigenvalue weighted by Crippen LogP contribution is 2.29. The van der Waals surface area contributed by atoms with E-state index in [1.54, 1.807) is 24.4 Å². The molecular weight excluding hydrogens is 308 g/mol. The fourth-order valence-corrected chi connectivity index (χ4v) is 1.76. The molecule has 0 radical (unpaired) electrons. The van der Waals surface area contributed by atoms with E-state index in [2.05, 4.69) is 20.9 Å². The Morgan fingerprint density at radius 1 is 1.35 bits per heavy atom. The van der Waals surface area contributed by atoms with E-state index >= 15 is 0 Å². The summed E-state index contributed by atoms with van der Waals surface area (Å²) in [7, 11) is 0. The standard InChI is InChI=1S/C12H8BrClFNO/c1-7-6-16-12(14)5-11(7)17-8-2-3-10(15)9(13)4-8/h2-6H,1H3. The van der Waals surface area contributed by atoms with E-state index < -0.39 is 0 Å². The number of pyridine rings is 1. The quantitative estimate of drug-likeness (QED) is 0.747. The van der Waals surface area contributed by atoms with Gasteiger partial charge in [-0.1, -0.05) is 11.6 Å². The van der Waals surface area contributed by atoms with Gasteiger partial charge in [0.1, 0.15) is 22.5 Å². The van der Waals surface area contributed by atoms with Crippen LogP contribution in [-0.4, -0.2) is 4.98 Å². The Bertz CT molecular complexity index is 562. The van der Waals surface area contributed by atoms with Gasteiger partial charge < -0.3 is 4.74 Å². The van der Waals surface area contributed by atoms with Crippen molar-refractivity contribution >= 4 is 27.5 Å². The summed E-state index contributed by atoms with van der Waals surface area (Å²) in [5.41, 5.74) is 0.856. The maximum Gasteiger partial charge on any atom is 0.137 e. The number of nitrogens with zero attached hydrogens (tertiary/aromatic N) is 1. The number of ether oxygens (including phenoxy) is 1. The van der Waals surface area contributed by atoms with E-state index in [1.165, 1.54) is 6.07 Å². The topological polar surface area (TPSA) is 22.1 Å². The molecule has 88 valence electrons. The van der Waals surface area contributed by atoms with Crippen LogP contribution in [-0.2, 0) is 0 Å². The number of benzene rings is 1. The summed E-state index contributed by atoms with van der Waals surface area (Å²) >= 11 is 8.88. The molecule has 1 aromatic carbocycles. The first-order valence-corrected chi connectivity index (χ1v) is 5.98. The third-order valence-electron chi connectivity index (χ3n) is 2.14. The molecule has 0 saturated carbocycles. The normalized spacial score (nSPS) is 10.4. The molecule has 0 saturated heterocycles. The van der Waals surface area contributed by atoms with Crippen LogP contribution < -0.4 is 4.74 Å². The Morgan fingerprint density at radius 2 is 2.12 bits per heavy atom. The highest BCUT2D eigenvalue weighted by Gasteiger charge is 2.06. The van der Waals surface area contributed by atoms with Crippen LogP contribution in [0.1, 0.15) is 5.56 Å². The van der Waals surface area contributed by atoms with E-state index in [0.29, 0.717) is 21.1 Å². The molecule has 2 rings (SSSR count). The van der Waals surface area contributed by atoms with Crippen LogP contribution in [0.25, 0.3) is 0 Å². The summed E-state index contributed by atoms with van der Waals surface area (Å²) in [6, 6.07) is 6.06. The van der Waals surface area contributed by atoms with Gasteiger partial charge in [-0.2, -0.15) is 0 Å². The van der Waals surface area contributed by atoms with Crippen molar-refractivity contribution in [2.75, 3.05) is 0 Å². The van der Waals surface area contributed by atoms with Gasteiger partial charge in [-0.05, 0) is 41.1 Å². The summed E-state index contributed by atoms with van der Waals surface area (Å²) in [4.78, 5) is 3.93. The van der Waals surface area contributed by atoms with Crippen molar-refractivity contribution in [2.24, 2.45) is 0 Å². The van der Waals surface area contributed by atoms with Crippen molar-refractivity contribution in [1.29, 1.82) is 0 Å². The number of aromatic nitrogens is 1. The Hall–Kier alpha value is -1.13. The highest BCUT2D eigenvalue weighted by atomic mass is 79.9. The average molecular weight is 317 g/mol. The molecule has 0 fully saturated rings. The number of aryl methyl sites for hydroxylation is 1. The Labute approximate surface area is 112 Å². The lowest BCUT2D eigenvalue weighted by Gasteiger charge is -2.09. The van der Waals surface area contributed by atoms with Crippen LogP contribution in [0.15, 0.2) is 34.9 Å². The first-order chi connectivity index (χ1) is 8.06. The molecule has 1 heterocycles. The summed E-state index contributed by atoms with van der Waals surface area (Å²) in [6.07, 6.45) is 1.62. The minimum atomic E-state index is -0.332. The Morgan fingerprint density at radius 3 is 2.82 bits per heavy atom. The molecule has 2 nitrogen and oxygen atoms in total. The molecule has 0 aliphatic rings. The molecule has 0 spiro atoms. The SMILES string of the molecule is Cc1cnc(Cl)cc1Oc1ccc(F)c(Br)c1. The van der Waals surface area contributed by atoms with Crippen molar-refractivity contribution in [3.8, 4) is 11.5 Å². The van der Waals surface area contributed by atoms with E-state index in [-0.39, 0.29) is 5.82 Å². The number of rotatable bonds is 2. The zero-order valence-electron chi connectivity index (χ0n) is 8.88. The van der Waals surface area contributed by atoms with Gasteiger partial charge in [0.15, 0.2) is 0 Å². The first-order valence-electron chi connectivity index (χ1n) is 4.81. The molecule has 1 aromatic heterocycles. The molecule has 17 heavy (non-hydrogen) atoms. The summed E-state index contributed by atoms with van der Waals surface area (Å²) in [5.74, 6) is 0.800. The van der Waals surface area contributed by atoms with Gasteiger partial charge in [0.25, 0.3) is 0 Å².